The number of aromatic amines is 1. The molecule has 1 amide bonds. The molecule has 33 heavy (non-hydrogen) atoms. The Labute approximate surface area is 189 Å². The SMILES string of the molecule is N#CC(=Cc1cccc(-c2cnc3[nH]cc(-c4ccc(=O)n(CC5CC5)c4)c3c2)c1)C(N)=O. The molecule has 1 aromatic carbocycles. The molecule has 0 bridgehead atoms. The van der Waals surface area contributed by atoms with Crippen LogP contribution in [-0.2, 0) is 11.3 Å². The fourth-order valence-corrected chi connectivity index (χ4v) is 3.95. The number of carbonyl (C=O) groups is 1. The van der Waals surface area contributed by atoms with Gasteiger partial charge in [0.1, 0.15) is 17.3 Å². The van der Waals surface area contributed by atoms with Crippen LogP contribution in [0.15, 0.2) is 71.4 Å². The monoisotopic (exact) mass is 435 g/mol. The maximum absolute atomic E-state index is 12.3. The first-order valence-corrected chi connectivity index (χ1v) is 10.7. The van der Waals surface area contributed by atoms with Gasteiger partial charge in [-0.3, -0.25) is 9.59 Å². The molecule has 0 radical (unpaired) electrons. The Hall–Kier alpha value is -4.44. The van der Waals surface area contributed by atoms with E-state index >= 15 is 0 Å². The highest BCUT2D eigenvalue weighted by atomic mass is 16.1. The number of aromatic nitrogens is 3. The summed E-state index contributed by atoms with van der Waals surface area (Å²) in [5.74, 6) is -0.155. The number of nitrogens with zero attached hydrogens (tertiary/aromatic N) is 3. The van der Waals surface area contributed by atoms with Gasteiger partial charge in [0.25, 0.3) is 11.5 Å². The van der Waals surface area contributed by atoms with Gasteiger partial charge in [0.05, 0.1) is 0 Å². The standard InChI is InChI=1S/C26H21N5O2/c27-11-20(25(28)33)9-17-2-1-3-18(8-17)21-10-22-23(13-30-26(22)29-12-21)19-6-7-24(32)31(15-19)14-16-4-5-16/h1-3,6-10,12-13,15-16H,4-5,14H2,(H2,28,33)(H,29,30). The van der Waals surface area contributed by atoms with Crippen LogP contribution in [0, 0.1) is 17.2 Å². The van der Waals surface area contributed by atoms with Crippen LogP contribution in [0.4, 0.5) is 0 Å². The number of amides is 1. The molecule has 4 aromatic rings. The van der Waals surface area contributed by atoms with Gasteiger partial charge in [-0.25, -0.2) is 4.98 Å². The minimum absolute atomic E-state index is 0.0156. The number of rotatable bonds is 6. The van der Waals surface area contributed by atoms with Crippen molar-refractivity contribution in [3.63, 3.8) is 0 Å². The van der Waals surface area contributed by atoms with Crippen molar-refractivity contribution in [2.24, 2.45) is 11.7 Å². The molecular weight excluding hydrogens is 414 g/mol. The molecule has 0 atom stereocenters. The highest BCUT2D eigenvalue weighted by molar-refractivity contribution is 6.00. The molecule has 3 heterocycles. The highest BCUT2D eigenvalue weighted by Gasteiger charge is 2.22. The van der Waals surface area contributed by atoms with Crippen LogP contribution in [-0.4, -0.2) is 20.4 Å². The van der Waals surface area contributed by atoms with E-state index < -0.39 is 5.91 Å². The number of carbonyl (C=O) groups excluding carboxylic acids is 1. The fourth-order valence-electron chi connectivity index (χ4n) is 3.95. The van der Waals surface area contributed by atoms with E-state index in [-0.39, 0.29) is 11.1 Å². The minimum atomic E-state index is -0.758. The van der Waals surface area contributed by atoms with E-state index in [1.54, 1.807) is 22.9 Å². The van der Waals surface area contributed by atoms with Gasteiger partial charge in [-0.2, -0.15) is 5.26 Å². The van der Waals surface area contributed by atoms with Crippen molar-refractivity contribution in [3.05, 3.63) is 82.5 Å². The summed E-state index contributed by atoms with van der Waals surface area (Å²) in [6.45, 7) is 0.759. The number of fused-ring (bicyclic) bond motifs is 1. The third kappa shape index (κ3) is 4.19. The number of hydrogen-bond donors (Lipinski definition) is 2. The summed E-state index contributed by atoms with van der Waals surface area (Å²) in [7, 11) is 0. The first-order valence-electron chi connectivity index (χ1n) is 10.7. The van der Waals surface area contributed by atoms with E-state index in [2.05, 4.69) is 9.97 Å². The average Bonchev–Trinajstić information content (AvgIpc) is 3.54. The Bertz CT molecular complexity index is 1520. The molecule has 1 aliphatic rings. The van der Waals surface area contributed by atoms with Crippen molar-refractivity contribution < 1.29 is 4.79 Å². The van der Waals surface area contributed by atoms with Crippen LogP contribution in [0.2, 0.25) is 0 Å². The maximum Gasteiger partial charge on any atom is 0.259 e. The lowest BCUT2D eigenvalue weighted by atomic mass is 10.0. The van der Waals surface area contributed by atoms with Gasteiger partial charge in [-0.15, -0.1) is 0 Å². The maximum atomic E-state index is 12.3. The van der Waals surface area contributed by atoms with Crippen LogP contribution in [0.1, 0.15) is 18.4 Å². The lowest BCUT2D eigenvalue weighted by Crippen LogP contribution is -2.19. The molecule has 5 rings (SSSR count). The molecule has 1 fully saturated rings. The van der Waals surface area contributed by atoms with E-state index in [1.807, 2.05) is 48.8 Å². The number of pyridine rings is 2. The number of benzene rings is 1. The van der Waals surface area contributed by atoms with Crippen molar-refractivity contribution >= 4 is 23.0 Å². The summed E-state index contributed by atoms with van der Waals surface area (Å²) in [6, 6.07) is 14.8. The van der Waals surface area contributed by atoms with Crippen molar-refractivity contribution in [3.8, 4) is 28.3 Å². The van der Waals surface area contributed by atoms with Crippen molar-refractivity contribution in [1.82, 2.24) is 14.5 Å². The molecule has 7 heteroatoms. The summed E-state index contributed by atoms with van der Waals surface area (Å²) >= 11 is 0. The Morgan fingerprint density at radius 3 is 2.82 bits per heavy atom. The molecule has 0 unspecified atom stereocenters. The summed E-state index contributed by atoms with van der Waals surface area (Å²) in [5, 5.41) is 10.1. The van der Waals surface area contributed by atoms with Crippen LogP contribution in [0.25, 0.3) is 39.4 Å². The fraction of sp³-hybridized carbons (Fsp3) is 0.154. The summed E-state index contributed by atoms with van der Waals surface area (Å²) in [4.78, 5) is 31.4. The molecule has 1 saturated carbocycles. The Morgan fingerprint density at radius 1 is 1.21 bits per heavy atom. The molecule has 7 nitrogen and oxygen atoms in total. The highest BCUT2D eigenvalue weighted by Crippen LogP contribution is 2.33. The number of nitriles is 1. The number of H-pyrrole nitrogens is 1. The van der Waals surface area contributed by atoms with Crippen LogP contribution in [0.5, 0.6) is 0 Å². The number of hydrogen-bond acceptors (Lipinski definition) is 4. The van der Waals surface area contributed by atoms with Gasteiger partial charge in [-0.1, -0.05) is 18.2 Å². The zero-order chi connectivity index (χ0) is 22.9. The normalized spacial score (nSPS) is 13.7. The van der Waals surface area contributed by atoms with E-state index in [0.29, 0.717) is 11.5 Å². The first kappa shape index (κ1) is 20.5. The number of nitrogens with one attached hydrogen (secondary N) is 1. The van der Waals surface area contributed by atoms with Gasteiger partial charge in [-0.05, 0) is 54.2 Å². The third-order valence-electron chi connectivity index (χ3n) is 5.89. The molecular formula is C26H21N5O2. The molecule has 3 aromatic heterocycles. The second kappa shape index (κ2) is 8.24. The van der Waals surface area contributed by atoms with Crippen LogP contribution < -0.4 is 11.3 Å². The van der Waals surface area contributed by atoms with E-state index in [1.165, 1.54) is 18.9 Å². The molecule has 0 saturated heterocycles. The van der Waals surface area contributed by atoms with E-state index in [4.69, 9.17) is 11.0 Å². The third-order valence-corrected chi connectivity index (χ3v) is 5.89. The second-order valence-electron chi connectivity index (χ2n) is 8.33. The second-order valence-corrected chi connectivity index (χ2v) is 8.33. The van der Waals surface area contributed by atoms with E-state index in [0.717, 1.165) is 39.8 Å². The summed E-state index contributed by atoms with van der Waals surface area (Å²) in [5.41, 5.74) is 10.3. The Kier molecular flexibility index (Phi) is 5.11. The van der Waals surface area contributed by atoms with Gasteiger partial charge >= 0.3 is 0 Å². The average molecular weight is 435 g/mol. The molecule has 162 valence electrons. The largest absolute Gasteiger partial charge is 0.365 e. The topological polar surface area (TPSA) is 118 Å². The van der Waals surface area contributed by atoms with Crippen LogP contribution in [0.3, 0.4) is 0 Å². The van der Waals surface area contributed by atoms with Gasteiger partial charge in [0, 0.05) is 53.3 Å². The molecule has 1 aliphatic carbocycles. The number of nitrogens with two attached hydrogens (primary N) is 1. The van der Waals surface area contributed by atoms with Crippen molar-refractivity contribution in [1.29, 1.82) is 5.26 Å². The zero-order valence-electron chi connectivity index (χ0n) is 17.8. The van der Waals surface area contributed by atoms with Gasteiger partial charge in [0.15, 0.2) is 0 Å². The van der Waals surface area contributed by atoms with Gasteiger partial charge in [0.2, 0.25) is 0 Å². The number of primary amides is 1. The predicted molar refractivity (Wildman–Crippen MR) is 127 cm³/mol. The first-order chi connectivity index (χ1) is 16.0. The molecule has 3 N–H and O–H groups in total. The Morgan fingerprint density at radius 2 is 2.06 bits per heavy atom. The Balaban J connectivity index is 1.55. The van der Waals surface area contributed by atoms with Crippen LogP contribution >= 0.6 is 0 Å². The predicted octanol–water partition coefficient (Wildman–Crippen LogP) is 3.86. The van der Waals surface area contributed by atoms with Gasteiger partial charge < -0.3 is 15.3 Å². The molecule has 0 aliphatic heterocycles. The van der Waals surface area contributed by atoms with Crippen molar-refractivity contribution in [2.45, 2.75) is 19.4 Å². The lowest BCUT2D eigenvalue weighted by Gasteiger charge is -2.08. The molecule has 0 spiro atoms. The quantitative estimate of drug-likeness (QED) is 0.353. The van der Waals surface area contributed by atoms with Crippen molar-refractivity contribution in [2.75, 3.05) is 0 Å². The smallest absolute Gasteiger partial charge is 0.259 e. The minimum Gasteiger partial charge on any atom is -0.365 e. The summed E-state index contributed by atoms with van der Waals surface area (Å²) < 4.78 is 1.80. The lowest BCUT2D eigenvalue weighted by molar-refractivity contribution is -0.114. The zero-order valence-corrected chi connectivity index (χ0v) is 17.8. The summed E-state index contributed by atoms with van der Waals surface area (Å²) in [6.07, 6.45) is 9.45. The van der Waals surface area contributed by atoms with E-state index in [9.17, 15) is 9.59 Å².